The Bertz CT molecular complexity index is 534. The van der Waals surface area contributed by atoms with Crippen molar-refractivity contribution in [1.82, 2.24) is 0 Å². The van der Waals surface area contributed by atoms with Gasteiger partial charge in [-0.1, -0.05) is 0 Å². The number of nitriles is 2. The van der Waals surface area contributed by atoms with Crippen molar-refractivity contribution in [3.63, 3.8) is 0 Å². The van der Waals surface area contributed by atoms with Gasteiger partial charge in [-0.25, -0.2) is 0 Å². The van der Waals surface area contributed by atoms with Crippen molar-refractivity contribution in [3.8, 4) is 23.6 Å². The minimum absolute atomic E-state index is 0.183. The van der Waals surface area contributed by atoms with Gasteiger partial charge < -0.3 is 19.7 Å². The summed E-state index contributed by atoms with van der Waals surface area (Å²) in [6, 6.07) is 6.23. The lowest BCUT2D eigenvalue weighted by Gasteiger charge is -1.99. The van der Waals surface area contributed by atoms with Gasteiger partial charge in [0.15, 0.2) is 11.5 Å². The Morgan fingerprint density at radius 2 is 1.94 bits per heavy atom. The van der Waals surface area contributed by atoms with Crippen molar-refractivity contribution in [1.29, 1.82) is 10.5 Å². The molecule has 1 aromatic rings. The molecule has 0 aliphatic carbocycles. The van der Waals surface area contributed by atoms with Gasteiger partial charge in [0.05, 0.1) is 16.1 Å². The van der Waals surface area contributed by atoms with Gasteiger partial charge in [-0.3, -0.25) is 0 Å². The van der Waals surface area contributed by atoms with Crippen LogP contribution in [0.5, 0.6) is 11.5 Å². The van der Waals surface area contributed by atoms with Gasteiger partial charge in [0.1, 0.15) is 12.3 Å². The molecule has 2 rings (SSSR count). The Hall–Kier alpha value is -2.38. The Labute approximate surface area is 111 Å². The lowest BCUT2D eigenvalue weighted by atomic mass is 10.2. The van der Waals surface area contributed by atoms with E-state index in [0.29, 0.717) is 10.0 Å². The Balaban J connectivity index is 0.000000199. The van der Waals surface area contributed by atoms with E-state index < -0.39 is 0 Å². The van der Waals surface area contributed by atoms with Gasteiger partial charge in [0.2, 0.25) is 12.6 Å². The third-order valence-corrected chi connectivity index (χ3v) is 2.36. The zero-order valence-corrected chi connectivity index (χ0v) is 10.5. The van der Waals surface area contributed by atoms with Crippen LogP contribution in [-0.4, -0.2) is 17.0 Å². The van der Waals surface area contributed by atoms with Gasteiger partial charge in [-0.05, 0) is 22.0 Å². The molecular weight excluding hydrogens is 304 g/mol. The molecule has 7 heteroatoms. The SMILES string of the molecule is N#CC1=COCO1.N#Cc1cc(O)c(O)c(Br)c1. The van der Waals surface area contributed by atoms with Crippen LogP contribution in [0.15, 0.2) is 28.6 Å². The molecule has 0 bridgehead atoms. The van der Waals surface area contributed by atoms with E-state index in [-0.39, 0.29) is 24.1 Å². The van der Waals surface area contributed by atoms with Crippen molar-refractivity contribution in [3.05, 3.63) is 34.2 Å². The van der Waals surface area contributed by atoms with E-state index >= 15 is 0 Å². The molecule has 0 fully saturated rings. The fraction of sp³-hybridized carbons (Fsp3) is 0.0909. The second kappa shape index (κ2) is 6.38. The quantitative estimate of drug-likeness (QED) is 0.710. The van der Waals surface area contributed by atoms with Gasteiger partial charge in [0, 0.05) is 6.07 Å². The fourth-order valence-electron chi connectivity index (χ4n) is 0.949. The monoisotopic (exact) mass is 310 g/mol. The van der Waals surface area contributed by atoms with Crippen LogP contribution in [0.4, 0.5) is 0 Å². The number of hydrogen-bond donors (Lipinski definition) is 2. The molecule has 2 N–H and O–H groups in total. The fourth-order valence-corrected chi connectivity index (χ4v) is 1.40. The Morgan fingerprint density at radius 1 is 1.22 bits per heavy atom. The van der Waals surface area contributed by atoms with Crippen molar-refractivity contribution in [2.45, 2.75) is 0 Å². The first kappa shape index (κ1) is 13.7. The van der Waals surface area contributed by atoms with E-state index in [1.807, 2.05) is 6.07 Å². The maximum Gasteiger partial charge on any atom is 0.235 e. The molecular formula is C11H7BrN2O4. The first-order valence-electron chi connectivity index (χ1n) is 4.54. The zero-order chi connectivity index (χ0) is 13.5. The second-order valence-electron chi connectivity index (χ2n) is 2.96. The number of rotatable bonds is 0. The molecule has 0 saturated heterocycles. The van der Waals surface area contributed by atoms with Gasteiger partial charge in [-0.15, -0.1) is 0 Å². The smallest absolute Gasteiger partial charge is 0.235 e. The van der Waals surface area contributed by atoms with Crippen LogP contribution >= 0.6 is 15.9 Å². The van der Waals surface area contributed by atoms with Crippen LogP contribution in [0.3, 0.4) is 0 Å². The highest BCUT2D eigenvalue weighted by molar-refractivity contribution is 9.10. The number of benzene rings is 1. The number of allylic oxidation sites excluding steroid dienone is 1. The first-order valence-corrected chi connectivity index (χ1v) is 5.34. The zero-order valence-electron chi connectivity index (χ0n) is 8.92. The van der Waals surface area contributed by atoms with Crippen molar-refractivity contribution < 1.29 is 19.7 Å². The van der Waals surface area contributed by atoms with Crippen LogP contribution in [0, 0.1) is 22.7 Å². The van der Waals surface area contributed by atoms with Crippen molar-refractivity contribution in [2.24, 2.45) is 0 Å². The molecule has 0 aromatic heterocycles. The molecule has 0 amide bonds. The first-order chi connectivity index (χ1) is 8.58. The van der Waals surface area contributed by atoms with Crippen LogP contribution in [0.25, 0.3) is 0 Å². The number of phenolic OH excluding ortho intramolecular Hbond substituents is 2. The summed E-state index contributed by atoms with van der Waals surface area (Å²) in [5.74, 6) is -0.292. The molecule has 6 nitrogen and oxygen atoms in total. The summed E-state index contributed by atoms with van der Waals surface area (Å²) in [4.78, 5) is 0. The number of ether oxygens (including phenoxy) is 2. The highest BCUT2D eigenvalue weighted by Gasteiger charge is 2.05. The van der Waals surface area contributed by atoms with E-state index in [0.717, 1.165) is 0 Å². The van der Waals surface area contributed by atoms with E-state index in [1.165, 1.54) is 18.4 Å². The number of halogens is 1. The third-order valence-electron chi connectivity index (χ3n) is 1.76. The van der Waals surface area contributed by atoms with Crippen LogP contribution in [-0.2, 0) is 9.47 Å². The van der Waals surface area contributed by atoms with E-state index in [1.54, 1.807) is 6.07 Å². The van der Waals surface area contributed by atoms with E-state index in [9.17, 15) is 0 Å². The minimum Gasteiger partial charge on any atom is -0.504 e. The molecule has 0 spiro atoms. The molecule has 18 heavy (non-hydrogen) atoms. The molecule has 1 aliphatic rings. The largest absolute Gasteiger partial charge is 0.504 e. The molecule has 0 unspecified atom stereocenters. The number of phenols is 2. The summed E-state index contributed by atoms with van der Waals surface area (Å²) in [5.41, 5.74) is 0.298. The predicted molar refractivity (Wildman–Crippen MR) is 62.9 cm³/mol. The standard InChI is InChI=1S/C7H4BrNO2.C4H3NO2/c8-5-1-4(3-9)2-6(10)7(5)11;5-1-4-2-6-3-7-4/h1-2,10-11H;2H,3H2. The minimum atomic E-state index is -0.295. The summed E-state index contributed by atoms with van der Waals surface area (Å²) in [7, 11) is 0. The summed E-state index contributed by atoms with van der Waals surface area (Å²) in [5, 5.41) is 34.5. The maximum atomic E-state index is 9.02. The third kappa shape index (κ3) is 3.58. The van der Waals surface area contributed by atoms with E-state index in [2.05, 4.69) is 25.4 Å². The maximum absolute atomic E-state index is 9.02. The van der Waals surface area contributed by atoms with Crippen LogP contribution in [0.2, 0.25) is 0 Å². The molecule has 0 atom stereocenters. The average molecular weight is 311 g/mol. The molecule has 1 heterocycles. The Kier molecular flexibility index (Phi) is 4.85. The van der Waals surface area contributed by atoms with E-state index in [4.69, 9.17) is 20.7 Å². The van der Waals surface area contributed by atoms with Crippen molar-refractivity contribution in [2.75, 3.05) is 6.79 Å². The lowest BCUT2D eigenvalue weighted by molar-refractivity contribution is 0.0852. The average Bonchev–Trinajstić information content (AvgIpc) is 2.89. The molecule has 1 aromatic carbocycles. The normalized spacial score (nSPS) is 11.8. The van der Waals surface area contributed by atoms with Crippen LogP contribution in [0.1, 0.15) is 5.56 Å². The molecule has 1 aliphatic heterocycles. The van der Waals surface area contributed by atoms with Gasteiger partial charge in [-0.2, -0.15) is 10.5 Å². The van der Waals surface area contributed by atoms with Gasteiger partial charge in [0.25, 0.3) is 0 Å². The Morgan fingerprint density at radius 3 is 2.33 bits per heavy atom. The summed E-state index contributed by atoms with van der Waals surface area (Å²) in [6.45, 7) is 0.183. The highest BCUT2D eigenvalue weighted by Crippen LogP contribution is 2.33. The summed E-state index contributed by atoms with van der Waals surface area (Å²) < 4.78 is 9.44. The summed E-state index contributed by atoms with van der Waals surface area (Å²) >= 11 is 2.98. The number of hydrogen-bond acceptors (Lipinski definition) is 6. The van der Waals surface area contributed by atoms with Gasteiger partial charge >= 0.3 is 0 Å². The van der Waals surface area contributed by atoms with Crippen molar-refractivity contribution >= 4 is 15.9 Å². The molecule has 0 radical (unpaired) electrons. The van der Waals surface area contributed by atoms with Crippen LogP contribution < -0.4 is 0 Å². The summed E-state index contributed by atoms with van der Waals surface area (Å²) in [6.07, 6.45) is 1.29. The highest BCUT2D eigenvalue weighted by atomic mass is 79.9. The topological polar surface area (TPSA) is 106 Å². The number of aromatic hydroxyl groups is 2. The molecule has 92 valence electrons. The molecule has 0 saturated carbocycles. The second-order valence-corrected chi connectivity index (χ2v) is 3.81. The lowest BCUT2D eigenvalue weighted by Crippen LogP contribution is -1.80. The number of nitrogens with zero attached hydrogens (tertiary/aromatic N) is 2. The predicted octanol–water partition coefficient (Wildman–Crippen LogP) is 2.09.